The first-order chi connectivity index (χ1) is 6.27. The second-order valence-corrected chi connectivity index (χ2v) is 2.76. The summed E-state index contributed by atoms with van der Waals surface area (Å²) in [6.45, 7) is 0. The van der Waals surface area contributed by atoms with Crippen molar-refractivity contribution in [3.05, 3.63) is 12.3 Å². The van der Waals surface area contributed by atoms with Gasteiger partial charge in [-0.2, -0.15) is 4.98 Å². The number of nitrogens with one attached hydrogen (secondary N) is 1. The van der Waals surface area contributed by atoms with E-state index in [0.717, 1.165) is 0 Å². The zero-order valence-corrected chi connectivity index (χ0v) is 7.35. The Bertz CT molecular complexity index is 377. The number of nitrogens with zero attached hydrogens (tertiary/aromatic N) is 4. The average Bonchev–Trinajstić information content (AvgIpc) is 2.75. The molecule has 0 aliphatic rings. The smallest absolute Gasteiger partial charge is 0.244 e. The van der Waals surface area contributed by atoms with Crippen LogP contribution in [0.5, 0.6) is 0 Å². The lowest BCUT2D eigenvalue weighted by Gasteiger charge is -2.03. The molecule has 6 heteroatoms. The summed E-state index contributed by atoms with van der Waals surface area (Å²) in [6.07, 6.45) is 1.49. The third kappa shape index (κ3) is 1.37. The van der Waals surface area contributed by atoms with E-state index in [-0.39, 0.29) is 0 Å². The minimum absolute atomic E-state index is 0.609. The first kappa shape index (κ1) is 7.78. The van der Waals surface area contributed by atoms with Crippen molar-refractivity contribution < 1.29 is 4.52 Å². The number of H-pyrrole nitrogens is 1. The van der Waals surface area contributed by atoms with Crippen LogP contribution in [0.4, 0.5) is 5.95 Å². The third-order valence-corrected chi connectivity index (χ3v) is 1.55. The molecule has 1 N–H and O–H groups in total. The maximum absolute atomic E-state index is 4.69. The molecule has 0 saturated heterocycles. The number of hydrogen-bond donors (Lipinski definition) is 1. The van der Waals surface area contributed by atoms with E-state index >= 15 is 0 Å². The highest BCUT2D eigenvalue weighted by Crippen LogP contribution is 2.13. The fourth-order valence-corrected chi connectivity index (χ4v) is 0.902. The Kier molecular flexibility index (Phi) is 1.73. The van der Waals surface area contributed by atoms with Gasteiger partial charge in [0, 0.05) is 20.2 Å². The van der Waals surface area contributed by atoms with Gasteiger partial charge in [0.25, 0.3) is 0 Å². The largest absolute Gasteiger partial charge is 0.364 e. The van der Waals surface area contributed by atoms with Gasteiger partial charge in [0.2, 0.25) is 5.95 Å². The summed E-state index contributed by atoms with van der Waals surface area (Å²) in [5.74, 6) is 1.23. The van der Waals surface area contributed by atoms with E-state index in [9.17, 15) is 0 Å². The summed E-state index contributed by atoms with van der Waals surface area (Å²) < 4.78 is 4.69. The van der Waals surface area contributed by atoms with E-state index in [1.54, 1.807) is 11.0 Å². The molecule has 68 valence electrons. The highest BCUT2D eigenvalue weighted by atomic mass is 16.5. The molecule has 0 aliphatic heterocycles. The normalized spacial score (nSPS) is 10.3. The predicted molar refractivity (Wildman–Crippen MR) is 46.2 cm³/mol. The molecule has 2 rings (SSSR count). The Morgan fingerprint density at radius 2 is 2.31 bits per heavy atom. The average molecular weight is 179 g/mol. The van der Waals surface area contributed by atoms with Gasteiger partial charge in [-0.3, -0.25) is 5.10 Å². The lowest BCUT2D eigenvalue weighted by Crippen LogP contribution is -2.10. The monoisotopic (exact) mass is 179 g/mol. The second kappa shape index (κ2) is 2.89. The molecule has 0 spiro atoms. The van der Waals surface area contributed by atoms with Gasteiger partial charge in [0.05, 0.1) is 0 Å². The van der Waals surface area contributed by atoms with Gasteiger partial charge in [-0.1, -0.05) is 5.16 Å². The van der Waals surface area contributed by atoms with Gasteiger partial charge < -0.3 is 9.42 Å². The Morgan fingerprint density at radius 3 is 2.85 bits per heavy atom. The molecule has 0 aliphatic carbocycles. The summed E-state index contributed by atoms with van der Waals surface area (Å²) in [4.78, 5) is 5.99. The minimum atomic E-state index is 0.609. The van der Waals surface area contributed by atoms with Crippen LogP contribution in [0, 0.1) is 0 Å². The van der Waals surface area contributed by atoms with Gasteiger partial charge in [-0.15, -0.1) is 5.10 Å². The zero-order valence-electron chi connectivity index (χ0n) is 7.35. The second-order valence-electron chi connectivity index (χ2n) is 2.76. The molecule has 0 saturated carbocycles. The lowest BCUT2D eigenvalue weighted by molar-refractivity contribution is 0.422. The molecular formula is C7H9N5O. The van der Waals surface area contributed by atoms with E-state index < -0.39 is 0 Å². The van der Waals surface area contributed by atoms with E-state index in [4.69, 9.17) is 0 Å². The standard InChI is InChI=1S/C7H9N5O/c1-12(2)7-8-6(9-10-7)5-3-4-13-11-5/h3-4H,1-2H3,(H,8,9,10). The molecule has 0 radical (unpaired) electrons. The van der Waals surface area contributed by atoms with Gasteiger partial charge in [-0.05, 0) is 0 Å². The van der Waals surface area contributed by atoms with Crippen LogP contribution >= 0.6 is 0 Å². The van der Waals surface area contributed by atoms with E-state index in [2.05, 4.69) is 24.9 Å². The van der Waals surface area contributed by atoms with Crippen molar-refractivity contribution in [2.24, 2.45) is 0 Å². The van der Waals surface area contributed by atoms with E-state index in [0.29, 0.717) is 17.5 Å². The van der Waals surface area contributed by atoms with Crippen LogP contribution in [-0.2, 0) is 0 Å². The fourth-order valence-electron chi connectivity index (χ4n) is 0.902. The number of anilines is 1. The molecule has 2 aromatic rings. The predicted octanol–water partition coefficient (Wildman–Crippen LogP) is 0.526. The van der Waals surface area contributed by atoms with Crippen LogP contribution in [-0.4, -0.2) is 34.4 Å². The van der Waals surface area contributed by atoms with Crippen molar-refractivity contribution in [1.82, 2.24) is 20.3 Å². The van der Waals surface area contributed by atoms with E-state index in [1.165, 1.54) is 6.26 Å². The van der Waals surface area contributed by atoms with Crippen molar-refractivity contribution in [2.45, 2.75) is 0 Å². The van der Waals surface area contributed by atoms with Crippen LogP contribution in [0.3, 0.4) is 0 Å². The quantitative estimate of drug-likeness (QED) is 0.727. The maximum atomic E-state index is 4.69. The molecule has 2 aromatic heterocycles. The molecule has 0 amide bonds. The Balaban J connectivity index is 2.33. The molecule has 0 fully saturated rings. The Morgan fingerprint density at radius 1 is 1.46 bits per heavy atom. The van der Waals surface area contributed by atoms with Crippen molar-refractivity contribution in [3.8, 4) is 11.5 Å². The lowest BCUT2D eigenvalue weighted by atomic mass is 10.4. The highest BCUT2D eigenvalue weighted by molar-refractivity contribution is 5.49. The molecule has 13 heavy (non-hydrogen) atoms. The molecule has 0 unspecified atom stereocenters. The first-order valence-corrected chi connectivity index (χ1v) is 3.78. The number of aromatic nitrogens is 4. The molecule has 2 heterocycles. The molecular weight excluding hydrogens is 170 g/mol. The molecule has 0 bridgehead atoms. The third-order valence-electron chi connectivity index (χ3n) is 1.55. The van der Waals surface area contributed by atoms with Crippen molar-refractivity contribution >= 4 is 5.95 Å². The van der Waals surface area contributed by atoms with Crippen LogP contribution in [0.1, 0.15) is 0 Å². The van der Waals surface area contributed by atoms with Crippen molar-refractivity contribution in [3.63, 3.8) is 0 Å². The Hall–Kier alpha value is -1.85. The maximum Gasteiger partial charge on any atom is 0.244 e. The van der Waals surface area contributed by atoms with Crippen LogP contribution in [0.2, 0.25) is 0 Å². The van der Waals surface area contributed by atoms with Crippen LogP contribution < -0.4 is 4.90 Å². The number of aromatic amines is 1. The summed E-state index contributed by atoms with van der Waals surface area (Å²) in [6, 6.07) is 1.72. The zero-order chi connectivity index (χ0) is 9.26. The van der Waals surface area contributed by atoms with Crippen molar-refractivity contribution in [1.29, 1.82) is 0 Å². The summed E-state index contributed by atoms with van der Waals surface area (Å²) >= 11 is 0. The van der Waals surface area contributed by atoms with Crippen molar-refractivity contribution in [2.75, 3.05) is 19.0 Å². The van der Waals surface area contributed by atoms with Gasteiger partial charge in [0.15, 0.2) is 11.5 Å². The summed E-state index contributed by atoms with van der Waals surface area (Å²) in [7, 11) is 3.74. The summed E-state index contributed by atoms with van der Waals surface area (Å²) in [5.41, 5.74) is 0.653. The number of rotatable bonds is 2. The van der Waals surface area contributed by atoms with Gasteiger partial charge in [-0.25, -0.2) is 0 Å². The Labute approximate surface area is 74.6 Å². The minimum Gasteiger partial charge on any atom is -0.364 e. The fraction of sp³-hybridized carbons (Fsp3) is 0.286. The van der Waals surface area contributed by atoms with E-state index in [1.807, 2.05) is 14.1 Å². The van der Waals surface area contributed by atoms with Gasteiger partial charge in [0.1, 0.15) is 6.26 Å². The highest BCUT2D eigenvalue weighted by Gasteiger charge is 2.08. The molecule has 0 aromatic carbocycles. The first-order valence-electron chi connectivity index (χ1n) is 3.78. The molecule has 6 nitrogen and oxygen atoms in total. The summed E-state index contributed by atoms with van der Waals surface area (Å²) in [5, 5.41) is 10.5. The SMILES string of the molecule is CN(C)c1n[nH]c(-c2ccon2)n1. The van der Waals surface area contributed by atoms with Crippen LogP contribution in [0.25, 0.3) is 11.5 Å². The van der Waals surface area contributed by atoms with Gasteiger partial charge >= 0.3 is 0 Å². The number of hydrogen-bond acceptors (Lipinski definition) is 5. The molecule has 0 atom stereocenters. The van der Waals surface area contributed by atoms with Crippen LogP contribution in [0.15, 0.2) is 16.9 Å². The topological polar surface area (TPSA) is 70.8 Å².